The molecule has 16 heteroatoms. The number of aromatic nitrogens is 2. The summed E-state index contributed by atoms with van der Waals surface area (Å²) in [4.78, 5) is 27.2. The van der Waals surface area contributed by atoms with Crippen LogP contribution in [0.15, 0.2) is 100 Å². The molecule has 0 spiro atoms. The molecule has 1 unspecified atom stereocenters. The Bertz CT molecular complexity index is 1940. The molecule has 0 saturated carbocycles. The van der Waals surface area contributed by atoms with Gasteiger partial charge >= 0.3 is 0 Å². The van der Waals surface area contributed by atoms with E-state index in [9.17, 15) is 21.6 Å². The third-order valence-corrected chi connectivity index (χ3v) is 9.23. The molecule has 0 saturated heterocycles. The predicted molar refractivity (Wildman–Crippen MR) is 160 cm³/mol. The summed E-state index contributed by atoms with van der Waals surface area (Å²) in [6.07, 6.45) is 3.83. The van der Waals surface area contributed by atoms with Gasteiger partial charge in [-0.3, -0.25) is 9.78 Å². The lowest BCUT2D eigenvalue weighted by atomic mass is 9.93. The van der Waals surface area contributed by atoms with Crippen molar-refractivity contribution >= 4 is 54.8 Å². The third kappa shape index (κ3) is 6.50. The van der Waals surface area contributed by atoms with Crippen LogP contribution in [0.1, 0.15) is 12.0 Å². The first-order chi connectivity index (χ1) is 20.4. The number of primary sulfonamides is 1. The molecule has 13 nitrogen and oxygen atoms in total. The number of hydrogen-bond donors (Lipinski definition) is 4. The number of pyridine rings is 2. The van der Waals surface area contributed by atoms with Gasteiger partial charge in [0.2, 0.25) is 25.6 Å². The van der Waals surface area contributed by atoms with Crippen molar-refractivity contribution in [1.82, 2.24) is 14.7 Å². The largest absolute Gasteiger partial charge is 0.398 e. The molecule has 43 heavy (non-hydrogen) atoms. The first-order valence-electron chi connectivity index (χ1n) is 12.5. The topological polar surface area (TPSA) is 209 Å². The van der Waals surface area contributed by atoms with E-state index in [4.69, 9.17) is 27.3 Å². The van der Waals surface area contributed by atoms with E-state index in [1.54, 1.807) is 42.5 Å². The zero-order valence-electron chi connectivity index (χ0n) is 22.1. The number of nitrogens with two attached hydrogens (primary N) is 2. The first-order valence-corrected chi connectivity index (χ1v) is 15.9. The Balaban J connectivity index is 1.41. The van der Waals surface area contributed by atoms with E-state index in [0.29, 0.717) is 27.4 Å². The Morgan fingerprint density at radius 3 is 2.44 bits per heavy atom. The monoisotopic (exact) mass is 641 g/mol. The molecule has 222 valence electrons. The highest BCUT2D eigenvalue weighted by atomic mass is 35.5. The Morgan fingerprint density at radius 1 is 1.00 bits per heavy atom. The summed E-state index contributed by atoms with van der Waals surface area (Å²) in [5.74, 6) is -0.656. The van der Waals surface area contributed by atoms with E-state index in [-0.39, 0.29) is 27.7 Å². The number of oxime groups is 1. The molecule has 5 rings (SSSR count). The number of rotatable bonds is 9. The van der Waals surface area contributed by atoms with Gasteiger partial charge in [0.25, 0.3) is 5.91 Å². The fraction of sp³-hybridized carbons (Fsp3) is 0.111. The van der Waals surface area contributed by atoms with E-state index in [0.717, 1.165) is 0 Å². The summed E-state index contributed by atoms with van der Waals surface area (Å²) in [5.41, 5.74) is 6.03. The van der Waals surface area contributed by atoms with Crippen LogP contribution in [-0.4, -0.2) is 50.6 Å². The van der Waals surface area contributed by atoms with Gasteiger partial charge in [0, 0.05) is 41.7 Å². The third-order valence-electron chi connectivity index (χ3n) is 6.53. The van der Waals surface area contributed by atoms with Crippen molar-refractivity contribution in [2.45, 2.75) is 21.8 Å². The van der Waals surface area contributed by atoms with Gasteiger partial charge in [-0.2, -0.15) is 0 Å². The predicted octanol–water partition coefficient (Wildman–Crippen LogP) is 2.51. The maximum absolute atomic E-state index is 13.7. The summed E-state index contributed by atoms with van der Waals surface area (Å²) in [7, 11) is -8.08. The maximum Gasteiger partial charge on any atom is 0.274 e. The molecule has 2 aromatic heterocycles. The highest BCUT2D eigenvalue weighted by Gasteiger charge is 2.48. The van der Waals surface area contributed by atoms with Gasteiger partial charge in [-0.15, -0.1) is 0 Å². The molecule has 0 aliphatic carbocycles. The zero-order valence-corrected chi connectivity index (χ0v) is 24.5. The minimum Gasteiger partial charge on any atom is -0.398 e. The van der Waals surface area contributed by atoms with E-state index in [1.165, 1.54) is 42.9 Å². The molecule has 3 heterocycles. The Hall–Kier alpha value is -4.41. The Labute approximate surface area is 252 Å². The van der Waals surface area contributed by atoms with E-state index in [1.807, 2.05) is 0 Å². The quantitative estimate of drug-likeness (QED) is 0.198. The minimum atomic E-state index is -4.07. The van der Waals surface area contributed by atoms with Gasteiger partial charge in [0.05, 0.1) is 27.9 Å². The zero-order chi connectivity index (χ0) is 30.8. The normalized spacial score (nSPS) is 16.7. The fourth-order valence-electron chi connectivity index (χ4n) is 4.26. The van der Waals surface area contributed by atoms with Crippen LogP contribution in [0.3, 0.4) is 0 Å². The van der Waals surface area contributed by atoms with Crippen molar-refractivity contribution in [2.75, 3.05) is 17.6 Å². The number of carbonyl (C=O) groups is 1. The molecule has 0 radical (unpaired) electrons. The number of nitrogens with zero attached hydrogens (tertiary/aromatic N) is 3. The van der Waals surface area contributed by atoms with Gasteiger partial charge in [-0.25, -0.2) is 31.7 Å². The maximum atomic E-state index is 13.7. The standard InChI is InChI=1S/C27H24ClN7O6S2/c28-21-9-7-17(12-22(21)29)23-13-27(41-35-23,16-33-43(39,40)19-4-3-11-31-15-19)26(36)34-25-10-8-18(14-32-25)20-5-1-2-6-24(20)42(30,37)38/h1-12,14-15,33H,13,16,29H2,(H2,30,37,38)(H,32,34,36). The molecule has 1 aliphatic heterocycles. The Kier molecular flexibility index (Phi) is 8.18. The smallest absolute Gasteiger partial charge is 0.274 e. The number of nitrogens with one attached hydrogen (secondary N) is 2. The molecule has 1 amide bonds. The van der Waals surface area contributed by atoms with Gasteiger partial charge in [-0.1, -0.05) is 41.0 Å². The average molecular weight is 642 g/mol. The van der Waals surface area contributed by atoms with Crippen LogP contribution in [0, 0.1) is 0 Å². The van der Waals surface area contributed by atoms with E-state index < -0.39 is 38.1 Å². The van der Waals surface area contributed by atoms with Crippen molar-refractivity contribution in [2.24, 2.45) is 10.3 Å². The van der Waals surface area contributed by atoms with Gasteiger partial charge in [0.15, 0.2) is 0 Å². The highest BCUT2D eigenvalue weighted by molar-refractivity contribution is 7.89. The van der Waals surface area contributed by atoms with Gasteiger partial charge < -0.3 is 15.9 Å². The van der Waals surface area contributed by atoms with Crippen LogP contribution in [0.5, 0.6) is 0 Å². The van der Waals surface area contributed by atoms with Crippen molar-refractivity contribution < 1.29 is 26.5 Å². The SMILES string of the molecule is Nc1cc(C2=NOC(CNS(=O)(=O)c3cccnc3)(C(=O)Nc3ccc(-c4ccccc4S(N)(=O)=O)cn3)C2)ccc1Cl. The lowest BCUT2D eigenvalue weighted by molar-refractivity contribution is -0.137. The second-order valence-corrected chi connectivity index (χ2v) is 13.2. The summed E-state index contributed by atoms with van der Waals surface area (Å²) in [6.45, 7) is -0.494. The van der Waals surface area contributed by atoms with Gasteiger partial charge in [-0.05, 0) is 42.5 Å². The lowest BCUT2D eigenvalue weighted by Crippen LogP contribution is -2.52. The molecule has 1 aliphatic rings. The van der Waals surface area contributed by atoms with E-state index in [2.05, 4.69) is 25.2 Å². The summed E-state index contributed by atoms with van der Waals surface area (Å²) in [6, 6.07) is 16.8. The highest BCUT2D eigenvalue weighted by Crippen LogP contribution is 2.31. The van der Waals surface area contributed by atoms with Crippen LogP contribution in [0.2, 0.25) is 5.02 Å². The Morgan fingerprint density at radius 2 is 1.77 bits per heavy atom. The number of nitrogen functional groups attached to an aromatic ring is 1. The number of carbonyl (C=O) groups excluding carboxylic acids is 1. The van der Waals surface area contributed by atoms with Crippen molar-refractivity contribution in [3.05, 3.63) is 95.9 Å². The number of amides is 1. The minimum absolute atomic E-state index is 0.0830. The van der Waals surface area contributed by atoms with Crippen LogP contribution < -0.4 is 20.9 Å². The molecule has 0 bridgehead atoms. The molecule has 1 atom stereocenters. The lowest BCUT2D eigenvalue weighted by Gasteiger charge is -2.25. The molecular formula is C27H24ClN7O6S2. The molecule has 0 fully saturated rings. The van der Waals surface area contributed by atoms with Crippen molar-refractivity contribution in [3.63, 3.8) is 0 Å². The average Bonchev–Trinajstić information content (AvgIpc) is 3.44. The second-order valence-electron chi connectivity index (χ2n) is 9.48. The van der Waals surface area contributed by atoms with Crippen LogP contribution in [0.25, 0.3) is 11.1 Å². The van der Waals surface area contributed by atoms with Crippen molar-refractivity contribution in [3.8, 4) is 11.1 Å². The fourth-order valence-corrected chi connectivity index (χ4v) is 6.19. The summed E-state index contributed by atoms with van der Waals surface area (Å²) < 4.78 is 52.3. The molecule has 2 aromatic carbocycles. The molecular weight excluding hydrogens is 618 g/mol. The number of hydrogen-bond acceptors (Lipinski definition) is 10. The number of sulfonamides is 2. The molecule has 4 aromatic rings. The van der Waals surface area contributed by atoms with Crippen LogP contribution in [0.4, 0.5) is 11.5 Å². The van der Waals surface area contributed by atoms with Crippen LogP contribution >= 0.6 is 11.6 Å². The number of halogens is 1. The first kappa shape index (κ1) is 30.1. The number of anilines is 2. The summed E-state index contributed by atoms with van der Waals surface area (Å²) >= 11 is 6.04. The number of benzene rings is 2. The van der Waals surface area contributed by atoms with Crippen LogP contribution in [-0.2, 0) is 29.7 Å². The van der Waals surface area contributed by atoms with Crippen molar-refractivity contribution in [1.29, 1.82) is 0 Å². The second kappa shape index (κ2) is 11.7. The summed E-state index contributed by atoms with van der Waals surface area (Å²) in [5, 5.41) is 12.4. The van der Waals surface area contributed by atoms with E-state index >= 15 is 0 Å². The molecule has 6 N–H and O–H groups in total. The van der Waals surface area contributed by atoms with Gasteiger partial charge in [0.1, 0.15) is 10.7 Å².